The highest BCUT2D eigenvalue weighted by Crippen LogP contribution is 2.13. The molecule has 0 aliphatic heterocycles. The van der Waals surface area contributed by atoms with E-state index in [0.29, 0.717) is 5.56 Å². The third-order valence-corrected chi connectivity index (χ3v) is 2.06. The number of carbonyl (C=O) groups is 1. The van der Waals surface area contributed by atoms with E-state index < -0.39 is 23.6 Å². The number of rotatable bonds is 3. The van der Waals surface area contributed by atoms with Crippen molar-refractivity contribution < 1.29 is 13.9 Å². The average Bonchev–Trinajstić information content (AvgIpc) is 2.23. The van der Waals surface area contributed by atoms with Crippen LogP contribution in [0.15, 0.2) is 18.5 Å². The summed E-state index contributed by atoms with van der Waals surface area (Å²) in [6, 6.07) is 0.755. The highest BCUT2D eigenvalue weighted by molar-refractivity contribution is 5.68. The molecule has 1 atom stereocenters. The smallest absolute Gasteiger partial charge is 0.408 e. The summed E-state index contributed by atoms with van der Waals surface area (Å²) in [5.74, 6) is -0.475. The Kier molecular flexibility index (Phi) is 4.61. The highest BCUT2D eigenvalue weighted by atomic mass is 19.1. The molecule has 0 aliphatic rings. The first kappa shape index (κ1) is 14.4. The second kappa shape index (κ2) is 5.77. The van der Waals surface area contributed by atoms with Crippen molar-refractivity contribution in [3.63, 3.8) is 0 Å². The van der Waals surface area contributed by atoms with Crippen molar-refractivity contribution >= 4 is 6.09 Å². The van der Waals surface area contributed by atoms with Gasteiger partial charge in [-0.25, -0.2) is 9.18 Å². The molecule has 0 radical (unpaired) electrons. The zero-order valence-corrected chi connectivity index (χ0v) is 10.7. The Morgan fingerprint density at radius 2 is 2.22 bits per heavy atom. The van der Waals surface area contributed by atoms with E-state index in [1.807, 2.05) is 0 Å². The number of alkyl carbamates (subject to hydrolysis) is 1. The van der Waals surface area contributed by atoms with Gasteiger partial charge in [-0.15, -0.1) is 0 Å². The average molecular weight is 255 g/mol. The normalized spacial score (nSPS) is 12.9. The second-order valence-corrected chi connectivity index (χ2v) is 4.87. The minimum atomic E-state index is -0.595. The molecule has 0 aliphatic carbocycles. The van der Waals surface area contributed by atoms with E-state index in [-0.39, 0.29) is 6.54 Å². The number of carbonyl (C=O) groups excluding carboxylic acids is 1. The molecule has 0 aromatic carbocycles. The van der Waals surface area contributed by atoms with Crippen LogP contribution in [0.3, 0.4) is 0 Å². The number of nitrogens with two attached hydrogens (primary N) is 1. The van der Waals surface area contributed by atoms with E-state index in [9.17, 15) is 9.18 Å². The lowest BCUT2D eigenvalue weighted by Gasteiger charge is -2.23. The summed E-state index contributed by atoms with van der Waals surface area (Å²) in [5, 5.41) is 2.57. The summed E-state index contributed by atoms with van der Waals surface area (Å²) >= 11 is 0. The molecule has 0 saturated carbocycles. The van der Waals surface area contributed by atoms with Gasteiger partial charge in [-0.3, -0.25) is 4.98 Å². The Bertz CT molecular complexity index is 418. The molecule has 0 spiro atoms. The van der Waals surface area contributed by atoms with Gasteiger partial charge in [0.25, 0.3) is 0 Å². The summed E-state index contributed by atoms with van der Waals surface area (Å²) in [6.45, 7) is 5.40. The Morgan fingerprint density at radius 1 is 1.56 bits per heavy atom. The first-order valence-electron chi connectivity index (χ1n) is 5.62. The number of aromatic nitrogens is 1. The lowest BCUT2D eigenvalue weighted by atomic mass is 10.1. The van der Waals surface area contributed by atoms with Crippen molar-refractivity contribution in [3.8, 4) is 0 Å². The van der Waals surface area contributed by atoms with E-state index in [4.69, 9.17) is 10.5 Å². The minimum Gasteiger partial charge on any atom is -0.444 e. The Labute approximate surface area is 106 Å². The molecule has 1 aromatic heterocycles. The summed E-state index contributed by atoms with van der Waals surface area (Å²) in [5.41, 5.74) is 5.46. The van der Waals surface area contributed by atoms with E-state index in [1.165, 1.54) is 12.3 Å². The molecular weight excluding hydrogens is 237 g/mol. The molecule has 6 heteroatoms. The number of hydrogen-bond acceptors (Lipinski definition) is 4. The van der Waals surface area contributed by atoms with Gasteiger partial charge in [-0.1, -0.05) is 0 Å². The molecule has 100 valence electrons. The van der Waals surface area contributed by atoms with E-state index in [2.05, 4.69) is 10.3 Å². The van der Waals surface area contributed by atoms with Crippen LogP contribution in [0, 0.1) is 5.82 Å². The van der Waals surface area contributed by atoms with Gasteiger partial charge in [0.05, 0.1) is 12.2 Å². The highest BCUT2D eigenvalue weighted by Gasteiger charge is 2.20. The zero-order chi connectivity index (χ0) is 13.8. The molecule has 18 heavy (non-hydrogen) atoms. The van der Waals surface area contributed by atoms with E-state index in [1.54, 1.807) is 20.8 Å². The van der Waals surface area contributed by atoms with E-state index in [0.717, 1.165) is 6.20 Å². The van der Waals surface area contributed by atoms with Crippen molar-refractivity contribution in [2.45, 2.75) is 32.4 Å². The van der Waals surface area contributed by atoms with Crippen LogP contribution >= 0.6 is 0 Å². The Hall–Kier alpha value is -1.69. The standard InChI is InChI=1S/C12H18FN3O2/c1-12(2,3)18-11(17)16-10(5-14)8-4-9(13)7-15-6-8/h4,6-7,10H,5,14H2,1-3H3,(H,16,17). The van der Waals surface area contributed by atoms with Crippen molar-refractivity contribution in [1.29, 1.82) is 0 Å². The van der Waals surface area contributed by atoms with Crippen molar-refractivity contribution in [2.24, 2.45) is 5.73 Å². The molecule has 0 fully saturated rings. The van der Waals surface area contributed by atoms with Crippen LogP contribution in [0.5, 0.6) is 0 Å². The fourth-order valence-electron chi connectivity index (χ4n) is 1.35. The molecule has 1 rings (SSSR count). The van der Waals surface area contributed by atoms with Gasteiger partial charge in [0.15, 0.2) is 0 Å². The van der Waals surface area contributed by atoms with Gasteiger partial charge in [0.1, 0.15) is 11.4 Å². The van der Waals surface area contributed by atoms with Crippen molar-refractivity contribution in [1.82, 2.24) is 10.3 Å². The van der Waals surface area contributed by atoms with Gasteiger partial charge in [0, 0.05) is 12.7 Å². The monoisotopic (exact) mass is 255 g/mol. The third-order valence-electron chi connectivity index (χ3n) is 2.06. The molecule has 1 aromatic rings. The fourth-order valence-corrected chi connectivity index (χ4v) is 1.35. The van der Waals surface area contributed by atoms with Crippen LogP contribution in [0.1, 0.15) is 32.4 Å². The predicted molar refractivity (Wildman–Crippen MR) is 65.4 cm³/mol. The number of ether oxygens (including phenoxy) is 1. The molecule has 0 saturated heterocycles. The lowest BCUT2D eigenvalue weighted by molar-refractivity contribution is 0.0505. The van der Waals surface area contributed by atoms with Gasteiger partial charge >= 0.3 is 6.09 Å². The largest absolute Gasteiger partial charge is 0.444 e. The number of amides is 1. The van der Waals surface area contributed by atoms with Gasteiger partial charge < -0.3 is 15.8 Å². The molecule has 0 bridgehead atoms. The predicted octanol–water partition coefficient (Wildman–Crippen LogP) is 1.75. The van der Waals surface area contributed by atoms with Gasteiger partial charge in [-0.05, 0) is 32.4 Å². The van der Waals surface area contributed by atoms with Gasteiger partial charge in [0.2, 0.25) is 0 Å². The summed E-state index contributed by atoms with van der Waals surface area (Å²) in [7, 11) is 0. The first-order valence-corrected chi connectivity index (χ1v) is 5.62. The van der Waals surface area contributed by atoms with Crippen molar-refractivity contribution in [3.05, 3.63) is 29.8 Å². The number of nitrogens with zero attached hydrogens (tertiary/aromatic N) is 1. The minimum absolute atomic E-state index is 0.129. The Morgan fingerprint density at radius 3 is 2.72 bits per heavy atom. The molecule has 5 nitrogen and oxygen atoms in total. The van der Waals surface area contributed by atoms with Crippen LogP contribution in [0.4, 0.5) is 9.18 Å². The van der Waals surface area contributed by atoms with Crippen molar-refractivity contribution in [2.75, 3.05) is 6.54 Å². The molecular formula is C12H18FN3O2. The zero-order valence-electron chi connectivity index (χ0n) is 10.7. The van der Waals surface area contributed by atoms with Crippen LogP contribution < -0.4 is 11.1 Å². The Balaban J connectivity index is 2.71. The maximum Gasteiger partial charge on any atom is 0.408 e. The summed E-state index contributed by atoms with van der Waals surface area (Å²) in [6.07, 6.45) is 1.95. The van der Waals surface area contributed by atoms with Crippen LogP contribution in [0.2, 0.25) is 0 Å². The van der Waals surface area contributed by atoms with E-state index >= 15 is 0 Å². The second-order valence-electron chi connectivity index (χ2n) is 4.87. The van der Waals surface area contributed by atoms with Crippen LogP contribution in [-0.2, 0) is 4.74 Å². The van der Waals surface area contributed by atoms with Crippen LogP contribution in [-0.4, -0.2) is 23.2 Å². The number of halogens is 1. The first-order chi connectivity index (χ1) is 8.31. The SMILES string of the molecule is CC(C)(C)OC(=O)NC(CN)c1cncc(F)c1. The molecule has 1 unspecified atom stereocenters. The third kappa shape index (κ3) is 4.67. The molecule has 3 N–H and O–H groups in total. The van der Waals surface area contributed by atoms with Gasteiger partial charge in [-0.2, -0.15) is 0 Å². The summed E-state index contributed by atoms with van der Waals surface area (Å²) in [4.78, 5) is 15.3. The summed E-state index contributed by atoms with van der Waals surface area (Å²) < 4.78 is 18.1. The number of hydrogen-bond donors (Lipinski definition) is 2. The number of pyridine rings is 1. The quantitative estimate of drug-likeness (QED) is 0.862. The number of nitrogens with one attached hydrogen (secondary N) is 1. The molecule has 1 heterocycles. The van der Waals surface area contributed by atoms with Crippen LogP contribution in [0.25, 0.3) is 0 Å². The maximum absolute atomic E-state index is 13.0. The molecule has 1 amide bonds. The fraction of sp³-hybridized carbons (Fsp3) is 0.500. The lowest BCUT2D eigenvalue weighted by Crippen LogP contribution is -2.37. The maximum atomic E-state index is 13.0. The topological polar surface area (TPSA) is 77.2 Å².